The highest BCUT2D eigenvalue weighted by atomic mass is 16.7. The summed E-state index contributed by atoms with van der Waals surface area (Å²) in [7, 11) is 0. The minimum atomic E-state index is -1.06. The summed E-state index contributed by atoms with van der Waals surface area (Å²) in [6, 6.07) is 0.0931. The van der Waals surface area contributed by atoms with Crippen molar-refractivity contribution in [2.75, 3.05) is 25.1 Å². The van der Waals surface area contributed by atoms with Gasteiger partial charge >= 0.3 is 17.9 Å². The van der Waals surface area contributed by atoms with Gasteiger partial charge in [-0.25, -0.2) is 15.0 Å². The van der Waals surface area contributed by atoms with Gasteiger partial charge in [0.2, 0.25) is 0 Å². The monoisotopic (exact) mass is 547 g/mol. The number of carbonyl (C=O) groups is 3. The fraction of sp³-hybridized carbons (Fsp3) is 0.692. The van der Waals surface area contributed by atoms with E-state index < -0.39 is 54.3 Å². The van der Waals surface area contributed by atoms with Crippen molar-refractivity contribution >= 4 is 34.9 Å². The molecule has 5 atom stereocenters. The van der Waals surface area contributed by atoms with Crippen molar-refractivity contribution in [3.63, 3.8) is 0 Å². The molecule has 2 aromatic heterocycles. The minimum absolute atomic E-state index is 0.0931. The number of carbonyl (C=O) groups excluding carboxylic acids is 3. The van der Waals surface area contributed by atoms with E-state index in [9.17, 15) is 14.4 Å². The van der Waals surface area contributed by atoms with Crippen LogP contribution < -0.4 is 5.32 Å². The minimum Gasteiger partial charge on any atom is -0.463 e. The predicted molar refractivity (Wildman–Crippen MR) is 137 cm³/mol. The van der Waals surface area contributed by atoms with E-state index in [1.807, 2.05) is 0 Å². The second-order valence-electron chi connectivity index (χ2n) is 10.7. The normalized spacial score (nSPS) is 25.0. The van der Waals surface area contributed by atoms with E-state index in [4.69, 9.17) is 23.7 Å². The number of fused-ring (bicyclic) bond motifs is 1. The molecular formula is C26H37N5O8. The average molecular weight is 548 g/mol. The molecule has 0 aromatic carbocycles. The predicted octanol–water partition coefficient (Wildman–Crippen LogP) is 2.26. The van der Waals surface area contributed by atoms with Crippen LogP contribution >= 0.6 is 0 Å². The molecule has 0 spiro atoms. The van der Waals surface area contributed by atoms with Crippen molar-refractivity contribution in [2.45, 2.75) is 78.5 Å². The third-order valence-electron chi connectivity index (χ3n) is 6.50. The zero-order chi connectivity index (χ0) is 28.3. The van der Waals surface area contributed by atoms with Crippen LogP contribution in [0.25, 0.3) is 11.2 Å². The van der Waals surface area contributed by atoms with Crippen molar-refractivity contribution in [2.24, 2.45) is 17.8 Å². The average Bonchev–Trinajstić information content (AvgIpc) is 3.63. The van der Waals surface area contributed by atoms with Gasteiger partial charge in [0.05, 0.1) is 36.7 Å². The van der Waals surface area contributed by atoms with Gasteiger partial charge in [0.1, 0.15) is 19.0 Å². The standard InChI is InChI=1S/C26H37N5O8/c1-13(2)24(32)36-10-17-19(38-25(33)14(3)4)20(39-26(34)15(5)6)23(37-17)31-12-29-18-21(27-11-28-22(18)31)30-16-7-8-35-9-16/h11-17,19-20,23H,7-10H2,1-6H3,(H,27,28,30)/t16-,17-,19-,20-,23?/m1/s1. The molecule has 39 heavy (non-hydrogen) atoms. The van der Waals surface area contributed by atoms with Crippen LogP contribution in [0.3, 0.4) is 0 Å². The van der Waals surface area contributed by atoms with E-state index in [2.05, 4.69) is 20.3 Å². The van der Waals surface area contributed by atoms with Gasteiger partial charge in [-0.05, 0) is 6.42 Å². The van der Waals surface area contributed by atoms with E-state index in [0.29, 0.717) is 30.2 Å². The molecule has 0 radical (unpaired) electrons. The molecule has 13 nitrogen and oxygen atoms in total. The van der Waals surface area contributed by atoms with E-state index in [0.717, 1.165) is 6.42 Å². The topological polar surface area (TPSA) is 153 Å². The van der Waals surface area contributed by atoms with Crippen LogP contribution in [0.15, 0.2) is 12.7 Å². The van der Waals surface area contributed by atoms with E-state index in [1.165, 1.54) is 12.7 Å². The fourth-order valence-electron chi connectivity index (χ4n) is 4.19. The van der Waals surface area contributed by atoms with Gasteiger partial charge in [-0.2, -0.15) is 0 Å². The second-order valence-corrected chi connectivity index (χ2v) is 10.7. The highest BCUT2D eigenvalue weighted by Gasteiger charge is 2.52. The van der Waals surface area contributed by atoms with Crippen LogP contribution in [0, 0.1) is 17.8 Å². The first-order valence-electron chi connectivity index (χ1n) is 13.3. The molecule has 0 aliphatic carbocycles. The molecule has 13 heteroatoms. The maximum Gasteiger partial charge on any atom is 0.308 e. The van der Waals surface area contributed by atoms with Crippen molar-refractivity contribution in [1.82, 2.24) is 19.5 Å². The molecule has 2 aliphatic heterocycles. The van der Waals surface area contributed by atoms with Gasteiger partial charge in [0.25, 0.3) is 0 Å². The Kier molecular flexibility index (Phi) is 9.01. The summed E-state index contributed by atoms with van der Waals surface area (Å²) in [6.07, 6.45) is -0.218. The number of aromatic nitrogens is 4. The molecule has 2 aromatic rings. The van der Waals surface area contributed by atoms with Gasteiger partial charge in [-0.1, -0.05) is 41.5 Å². The van der Waals surface area contributed by atoms with Gasteiger partial charge in [0.15, 0.2) is 35.4 Å². The Bertz CT molecular complexity index is 1180. The number of hydrogen-bond acceptors (Lipinski definition) is 12. The van der Waals surface area contributed by atoms with Gasteiger partial charge in [-0.3, -0.25) is 19.0 Å². The van der Waals surface area contributed by atoms with Gasteiger partial charge < -0.3 is 29.0 Å². The third kappa shape index (κ3) is 6.47. The van der Waals surface area contributed by atoms with Crippen LogP contribution in [0.2, 0.25) is 0 Å². The molecule has 1 unspecified atom stereocenters. The summed E-state index contributed by atoms with van der Waals surface area (Å²) >= 11 is 0. The third-order valence-corrected chi connectivity index (χ3v) is 6.50. The summed E-state index contributed by atoms with van der Waals surface area (Å²) in [5.41, 5.74) is 0.920. The summed E-state index contributed by atoms with van der Waals surface area (Å²) in [6.45, 7) is 11.3. The Balaban J connectivity index is 1.70. The zero-order valence-corrected chi connectivity index (χ0v) is 23.2. The maximum absolute atomic E-state index is 12.8. The number of imidazole rings is 1. The Morgan fingerprint density at radius 2 is 1.64 bits per heavy atom. The molecule has 214 valence electrons. The Hall–Kier alpha value is -3.32. The molecule has 0 bridgehead atoms. The highest BCUT2D eigenvalue weighted by Crippen LogP contribution is 2.37. The summed E-state index contributed by atoms with van der Waals surface area (Å²) < 4.78 is 30.5. The molecule has 4 heterocycles. The summed E-state index contributed by atoms with van der Waals surface area (Å²) in [5, 5.41) is 3.34. The van der Waals surface area contributed by atoms with Crippen molar-refractivity contribution in [1.29, 1.82) is 0 Å². The number of anilines is 1. The van der Waals surface area contributed by atoms with Crippen molar-refractivity contribution in [3.8, 4) is 0 Å². The number of rotatable bonds is 10. The number of hydrogen-bond donors (Lipinski definition) is 1. The number of nitrogens with one attached hydrogen (secondary N) is 1. The lowest BCUT2D eigenvalue weighted by Gasteiger charge is -2.26. The zero-order valence-electron chi connectivity index (χ0n) is 23.2. The molecule has 0 saturated carbocycles. The Labute approximate surface area is 226 Å². The molecule has 2 saturated heterocycles. The molecule has 4 rings (SSSR count). The first-order chi connectivity index (χ1) is 18.6. The summed E-state index contributed by atoms with van der Waals surface area (Å²) in [4.78, 5) is 51.0. The second kappa shape index (κ2) is 12.2. The van der Waals surface area contributed by atoms with Crippen molar-refractivity contribution < 1.29 is 38.1 Å². The number of nitrogens with zero attached hydrogens (tertiary/aromatic N) is 4. The first-order valence-corrected chi connectivity index (χ1v) is 13.3. The summed E-state index contributed by atoms with van der Waals surface area (Å²) in [5.74, 6) is -2.15. The molecule has 2 aliphatic rings. The van der Waals surface area contributed by atoms with E-state index in [-0.39, 0.29) is 18.6 Å². The fourth-order valence-corrected chi connectivity index (χ4v) is 4.19. The van der Waals surface area contributed by atoms with E-state index in [1.54, 1.807) is 46.1 Å². The lowest BCUT2D eigenvalue weighted by atomic mass is 10.1. The van der Waals surface area contributed by atoms with Crippen LogP contribution in [0.4, 0.5) is 5.82 Å². The highest BCUT2D eigenvalue weighted by molar-refractivity contribution is 5.83. The molecule has 1 N–H and O–H groups in total. The number of esters is 3. The largest absolute Gasteiger partial charge is 0.463 e. The van der Waals surface area contributed by atoms with Crippen LogP contribution in [-0.2, 0) is 38.1 Å². The lowest BCUT2D eigenvalue weighted by molar-refractivity contribution is -0.173. The lowest BCUT2D eigenvalue weighted by Crippen LogP contribution is -2.42. The molecule has 0 amide bonds. The SMILES string of the molecule is CC(C)C(=O)OC[C@H]1OC(n2cnc3c(N[C@@H]4CCOC4)ncnc32)[C@H](OC(=O)C(C)C)[C@@H]1OC(=O)C(C)C. The van der Waals surface area contributed by atoms with Gasteiger partial charge in [-0.15, -0.1) is 0 Å². The Morgan fingerprint density at radius 1 is 0.974 bits per heavy atom. The van der Waals surface area contributed by atoms with Crippen LogP contribution in [0.1, 0.15) is 54.2 Å². The van der Waals surface area contributed by atoms with Crippen LogP contribution in [0.5, 0.6) is 0 Å². The van der Waals surface area contributed by atoms with E-state index >= 15 is 0 Å². The number of ether oxygens (including phenoxy) is 5. The smallest absolute Gasteiger partial charge is 0.308 e. The maximum atomic E-state index is 12.8. The van der Waals surface area contributed by atoms with Crippen LogP contribution in [-0.4, -0.2) is 81.6 Å². The molecule has 2 fully saturated rings. The Morgan fingerprint density at radius 3 is 2.26 bits per heavy atom. The first kappa shape index (κ1) is 28.7. The van der Waals surface area contributed by atoms with Gasteiger partial charge in [0, 0.05) is 6.61 Å². The quantitative estimate of drug-likeness (QED) is 0.343. The van der Waals surface area contributed by atoms with Crippen molar-refractivity contribution in [3.05, 3.63) is 12.7 Å². The molecular weight excluding hydrogens is 510 g/mol.